The van der Waals surface area contributed by atoms with Gasteiger partial charge in [0.15, 0.2) is 0 Å². The molecule has 1 unspecified atom stereocenters. The van der Waals surface area contributed by atoms with Gasteiger partial charge in [-0.2, -0.15) is 4.98 Å². The third-order valence-corrected chi connectivity index (χ3v) is 4.94. The van der Waals surface area contributed by atoms with Crippen LogP contribution in [0.3, 0.4) is 0 Å². The zero-order valence-corrected chi connectivity index (χ0v) is 17.2. The number of fused-ring (bicyclic) bond motifs is 1. The van der Waals surface area contributed by atoms with E-state index in [-0.39, 0.29) is 11.7 Å². The van der Waals surface area contributed by atoms with Crippen LogP contribution in [0.15, 0.2) is 65.9 Å². The molecule has 0 aliphatic carbocycles. The van der Waals surface area contributed by atoms with E-state index in [9.17, 15) is 9.59 Å². The van der Waals surface area contributed by atoms with Gasteiger partial charge in [-0.1, -0.05) is 42.5 Å². The van der Waals surface area contributed by atoms with Crippen LogP contribution in [0.4, 0.5) is 11.6 Å². The predicted molar refractivity (Wildman–Crippen MR) is 114 cm³/mol. The lowest BCUT2D eigenvalue weighted by atomic mass is 9.95. The van der Waals surface area contributed by atoms with Crippen molar-refractivity contribution in [1.29, 1.82) is 0 Å². The minimum Gasteiger partial charge on any atom is -0.495 e. The van der Waals surface area contributed by atoms with Crippen LogP contribution in [0.25, 0.3) is 0 Å². The molecule has 2 N–H and O–H groups in total. The average Bonchev–Trinajstić information content (AvgIpc) is 3.22. The number of carbonyl (C=O) groups is 2. The van der Waals surface area contributed by atoms with Crippen LogP contribution in [-0.2, 0) is 9.53 Å². The van der Waals surface area contributed by atoms with Gasteiger partial charge in [-0.05, 0) is 24.6 Å². The van der Waals surface area contributed by atoms with Crippen LogP contribution in [-0.4, -0.2) is 40.9 Å². The van der Waals surface area contributed by atoms with Crippen molar-refractivity contribution < 1.29 is 19.1 Å². The zero-order chi connectivity index (χ0) is 22.0. The highest BCUT2D eigenvalue weighted by atomic mass is 16.5. The van der Waals surface area contributed by atoms with Gasteiger partial charge in [0.05, 0.1) is 25.5 Å². The van der Waals surface area contributed by atoms with Crippen LogP contribution in [0, 0.1) is 0 Å². The smallest absolute Gasteiger partial charge is 0.378 e. The second kappa shape index (κ2) is 8.31. The number of esters is 1. The van der Waals surface area contributed by atoms with Crippen LogP contribution in [0.5, 0.6) is 5.75 Å². The maximum Gasteiger partial charge on any atom is 0.378 e. The van der Waals surface area contributed by atoms with Crippen molar-refractivity contribution in [2.75, 3.05) is 24.9 Å². The monoisotopic (exact) mass is 419 g/mol. The molecule has 1 amide bonds. The Morgan fingerprint density at radius 1 is 1.06 bits per heavy atom. The number of amides is 1. The number of carbonyl (C=O) groups excluding carboxylic acids is 2. The number of allylic oxidation sites excluding steroid dienone is 1. The molecule has 0 bridgehead atoms. The first kappa shape index (κ1) is 20.1. The fourth-order valence-corrected chi connectivity index (χ4v) is 3.50. The van der Waals surface area contributed by atoms with E-state index in [0.29, 0.717) is 28.7 Å². The fourth-order valence-electron chi connectivity index (χ4n) is 3.50. The van der Waals surface area contributed by atoms with E-state index in [0.717, 1.165) is 5.56 Å². The highest BCUT2D eigenvalue weighted by Gasteiger charge is 2.35. The number of para-hydroxylation sites is 2. The molecule has 1 atom stereocenters. The maximum absolute atomic E-state index is 13.4. The first-order chi connectivity index (χ1) is 15.0. The summed E-state index contributed by atoms with van der Waals surface area (Å²) >= 11 is 0. The summed E-state index contributed by atoms with van der Waals surface area (Å²) in [6.45, 7) is 1.78. The molecule has 0 radical (unpaired) electrons. The summed E-state index contributed by atoms with van der Waals surface area (Å²) in [6.07, 6.45) is 0. The van der Waals surface area contributed by atoms with E-state index < -0.39 is 12.0 Å². The molecule has 3 aromatic rings. The number of rotatable bonds is 5. The molecule has 2 heterocycles. The Morgan fingerprint density at radius 3 is 2.48 bits per heavy atom. The van der Waals surface area contributed by atoms with Crippen molar-refractivity contribution in [3.8, 4) is 5.75 Å². The molecule has 31 heavy (non-hydrogen) atoms. The summed E-state index contributed by atoms with van der Waals surface area (Å²) in [4.78, 5) is 29.6. The number of nitrogens with zero attached hydrogens (tertiary/aromatic N) is 3. The van der Waals surface area contributed by atoms with Gasteiger partial charge >= 0.3 is 5.97 Å². The largest absolute Gasteiger partial charge is 0.495 e. The average molecular weight is 419 g/mol. The molecule has 1 aromatic heterocycles. The van der Waals surface area contributed by atoms with Crippen LogP contribution in [0.1, 0.15) is 29.1 Å². The number of benzene rings is 2. The molecule has 158 valence electrons. The number of nitrogens with one attached hydrogen (secondary N) is 2. The summed E-state index contributed by atoms with van der Waals surface area (Å²) in [5.41, 5.74) is 2.39. The molecule has 0 saturated heterocycles. The Kier molecular flexibility index (Phi) is 5.40. The first-order valence-corrected chi connectivity index (χ1v) is 9.55. The molecular formula is C22H21N5O4. The molecule has 4 rings (SSSR count). The maximum atomic E-state index is 13.4. The number of ether oxygens (including phenoxy) is 2. The normalized spacial score (nSPS) is 15.0. The number of anilines is 2. The van der Waals surface area contributed by atoms with Gasteiger partial charge in [0.1, 0.15) is 11.8 Å². The van der Waals surface area contributed by atoms with E-state index in [1.165, 1.54) is 11.8 Å². The summed E-state index contributed by atoms with van der Waals surface area (Å²) in [5.74, 6) is -0.188. The molecule has 2 aromatic carbocycles. The van der Waals surface area contributed by atoms with Crippen molar-refractivity contribution in [2.45, 2.75) is 13.0 Å². The molecule has 1 aliphatic rings. The van der Waals surface area contributed by atoms with Gasteiger partial charge in [0.2, 0.25) is 5.95 Å². The predicted octanol–water partition coefficient (Wildman–Crippen LogP) is 3.00. The Balaban J connectivity index is 1.79. The molecule has 9 nitrogen and oxygen atoms in total. The Labute approximate surface area is 178 Å². The Morgan fingerprint density at radius 2 is 1.77 bits per heavy atom. The topological polar surface area (TPSA) is 107 Å². The third kappa shape index (κ3) is 3.73. The molecule has 9 heteroatoms. The lowest BCUT2D eigenvalue weighted by molar-refractivity contribution is -0.113. The molecule has 0 fully saturated rings. The van der Waals surface area contributed by atoms with E-state index >= 15 is 0 Å². The second-order valence-electron chi connectivity index (χ2n) is 6.83. The van der Waals surface area contributed by atoms with Crippen LogP contribution in [0.2, 0.25) is 0 Å². The summed E-state index contributed by atoms with van der Waals surface area (Å²) in [6, 6.07) is 16.0. The van der Waals surface area contributed by atoms with Gasteiger partial charge in [0.25, 0.3) is 11.7 Å². The third-order valence-electron chi connectivity index (χ3n) is 4.94. The summed E-state index contributed by atoms with van der Waals surface area (Å²) in [7, 11) is 2.81. The Hall–Kier alpha value is -4.14. The van der Waals surface area contributed by atoms with Crippen LogP contribution < -0.4 is 15.4 Å². The van der Waals surface area contributed by atoms with Gasteiger partial charge in [-0.15, -0.1) is 5.10 Å². The van der Waals surface area contributed by atoms with Crippen molar-refractivity contribution in [3.63, 3.8) is 0 Å². The van der Waals surface area contributed by atoms with E-state index in [2.05, 4.69) is 20.7 Å². The fraction of sp³-hybridized carbons (Fsp3) is 0.182. The number of hydrogen-bond acceptors (Lipinski definition) is 7. The number of hydrogen-bond donors (Lipinski definition) is 2. The van der Waals surface area contributed by atoms with Crippen molar-refractivity contribution >= 4 is 23.5 Å². The van der Waals surface area contributed by atoms with Gasteiger partial charge in [-0.25, -0.2) is 9.48 Å². The van der Waals surface area contributed by atoms with Crippen molar-refractivity contribution in [1.82, 2.24) is 14.8 Å². The van der Waals surface area contributed by atoms with Gasteiger partial charge in [-0.3, -0.25) is 4.79 Å². The van der Waals surface area contributed by atoms with E-state index in [1.807, 2.05) is 42.5 Å². The van der Waals surface area contributed by atoms with Gasteiger partial charge < -0.3 is 20.1 Å². The SMILES string of the molecule is COC(=O)c1nc2n(n1)C(c1ccccc1)C(C(=O)Nc1ccccc1OC)=C(C)N2. The lowest BCUT2D eigenvalue weighted by Gasteiger charge is -2.28. The Bertz CT molecular complexity index is 1170. The molecule has 1 aliphatic heterocycles. The standard InChI is InChI=1S/C22H21N5O4/c1-13-17(20(28)24-15-11-7-8-12-16(15)30-2)18(14-9-5-4-6-10-14)27-22(23-13)25-19(26-27)21(29)31-3/h4-12,18H,1-3H3,(H,24,28)(H,23,25,26). The van der Waals surface area contributed by atoms with Crippen molar-refractivity contribution in [3.05, 3.63) is 77.3 Å². The zero-order valence-electron chi connectivity index (χ0n) is 17.2. The van der Waals surface area contributed by atoms with Crippen molar-refractivity contribution in [2.24, 2.45) is 0 Å². The molecular weight excluding hydrogens is 398 g/mol. The molecule has 0 spiro atoms. The molecule has 0 saturated carbocycles. The quantitative estimate of drug-likeness (QED) is 0.612. The minimum absolute atomic E-state index is 0.0925. The number of aromatic nitrogens is 3. The second-order valence-corrected chi connectivity index (χ2v) is 6.83. The van der Waals surface area contributed by atoms with E-state index in [4.69, 9.17) is 9.47 Å². The highest BCUT2D eigenvalue weighted by Crippen LogP contribution is 2.36. The first-order valence-electron chi connectivity index (χ1n) is 9.55. The summed E-state index contributed by atoms with van der Waals surface area (Å²) in [5, 5.41) is 10.3. The van der Waals surface area contributed by atoms with Gasteiger partial charge in [0, 0.05) is 5.70 Å². The van der Waals surface area contributed by atoms with Crippen LogP contribution >= 0.6 is 0 Å². The summed E-state index contributed by atoms with van der Waals surface area (Å²) < 4.78 is 11.6. The minimum atomic E-state index is -0.659. The highest BCUT2D eigenvalue weighted by molar-refractivity contribution is 6.06. The number of methoxy groups -OCH3 is 2. The van der Waals surface area contributed by atoms with E-state index in [1.54, 1.807) is 26.2 Å². The lowest BCUT2D eigenvalue weighted by Crippen LogP contribution is -2.31.